The van der Waals surface area contributed by atoms with E-state index in [2.05, 4.69) is 5.32 Å². The SMILES string of the molecule is CN(C)c1ccc(C(NC(=S)CC(=O)c2ccccc2)SCCC(=O)O)cc1. The molecule has 2 N–H and O–H groups in total. The molecule has 148 valence electrons. The van der Waals surface area contributed by atoms with Gasteiger partial charge in [0.25, 0.3) is 0 Å². The molecule has 1 atom stereocenters. The maximum atomic E-state index is 12.4. The Morgan fingerprint density at radius 3 is 2.32 bits per heavy atom. The van der Waals surface area contributed by atoms with Crippen molar-refractivity contribution in [2.45, 2.75) is 18.2 Å². The number of hydrogen-bond donors (Lipinski definition) is 2. The Balaban J connectivity index is 2.06. The van der Waals surface area contributed by atoms with Crippen LogP contribution in [0.5, 0.6) is 0 Å². The lowest BCUT2D eigenvalue weighted by Gasteiger charge is -2.21. The molecule has 0 bridgehead atoms. The van der Waals surface area contributed by atoms with Gasteiger partial charge in [0, 0.05) is 31.1 Å². The van der Waals surface area contributed by atoms with Crippen LogP contribution in [0.15, 0.2) is 54.6 Å². The molecule has 0 amide bonds. The van der Waals surface area contributed by atoms with E-state index >= 15 is 0 Å². The maximum absolute atomic E-state index is 12.4. The summed E-state index contributed by atoms with van der Waals surface area (Å²) in [5.41, 5.74) is 2.67. The third kappa shape index (κ3) is 6.98. The van der Waals surface area contributed by atoms with Gasteiger partial charge in [-0.3, -0.25) is 9.59 Å². The van der Waals surface area contributed by atoms with Crippen LogP contribution < -0.4 is 10.2 Å². The van der Waals surface area contributed by atoms with Crippen molar-refractivity contribution in [3.8, 4) is 0 Å². The predicted octanol–water partition coefficient (Wildman–Crippen LogP) is 4.15. The van der Waals surface area contributed by atoms with Crippen molar-refractivity contribution in [1.82, 2.24) is 5.32 Å². The number of thioether (sulfide) groups is 1. The van der Waals surface area contributed by atoms with E-state index in [4.69, 9.17) is 17.3 Å². The van der Waals surface area contributed by atoms with Gasteiger partial charge in [-0.05, 0) is 17.7 Å². The number of aliphatic carboxylic acids is 1. The summed E-state index contributed by atoms with van der Waals surface area (Å²) in [7, 11) is 3.94. The summed E-state index contributed by atoms with van der Waals surface area (Å²) in [5.74, 6) is -0.441. The van der Waals surface area contributed by atoms with Gasteiger partial charge < -0.3 is 15.3 Å². The Bertz CT molecular complexity index is 808. The number of thiocarbonyl (C=S) groups is 1. The first kappa shape index (κ1) is 21.9. The number of ketones is 1. The van der Waals surface area contributed by atoms with Crippen LogP contribution in [-0.4, -0.2) is 41.7 Å². The zero-order valence-electron chi connectivity index (χ0n) is 15.9. The molecule has 0 aliphatic rings. The zero-order chi connectivity index (χ0) is 20.5. The summed E-state index contributed by atoms with van der Waals surface area (Å²) in [6.45, 7) is 0. The fourth-order valence-electron chi connectivity index (χ4n) is 2.50. The molecule has 2 aromatic rings. The number of Topliss-reactive ketones (excluding diaryl/α,β-unsaturated/α-hetero) is 1. The van der Waals surface area contributed by atoms with Gasteiger partial charge in [0.1, 0.15) is 0 Å². The molecule has 0 aliphatic heterocycles. The topological polar surface area (TPSA) is 69.6 Å². The number of hydrogen-bond acceptors (Lipinski definition) is 5. The predicted molar refractivity (Wildman–Crippen MR) is 119 cm³/mol. The minimum absolute atomic E-state index is 0.0460. The Kier molecular flexibility index (Phi) is 8.47. The van der Waals surface area contributed by atoms with Crippen molar-refractivity contribution in [1.29, 1.82) is 0 Å². The highest BCUT2D eigenvalue weighted by atomic mass is 32.2. The second-order valence-corrected chi connectivity index (χ2v) is 8.12. The quantitative estimate of drug-likeness (QED) is 0.342. The van der Waals surface area contributed by atoms with Gasteiger partial charge in [-0.25, -0.2) is 0 Å². The number of nitrogens with zero attached hydrogens (tertiary/aromatic N) is 1. The first-order valence-electron chi connectivity index (χ1n) is 8.85. The van der Waals surface area contributed by atoms with Crippen molar-refractivity contribution >= 4 is 46.4 Å². The lowest BCUT2D eigenvalue weighted by molar-refractivity contribution is -0.136. The van der Waals surface area contributed by atoms with Crippen molar-refractivity contribution in [3.63, 3.8) is 0 Å². The number of carboxylic acids is 1. The number of carbonyl (C=O) groups is 2. The van der Waals surface area contributed by atoms with Crippen molar-refractivity contribution in [2.75, 3.05) is 24.7 Å². The summed E-state index contributed by atoms with van der Waals surface area (Å²) >= 11 is 6.87. The number of nitrogens with one attached hydrogen (secondary N) is 1. The molecular weight excluding hydrogens is 392 g/mol. The van der Waals surface area contributed by atoms with Crippen LogP contribution >= 0.6 is 24.0 Å². The Labute approximate surface area is 175 Å². The van der Waals surface area contributed by atoms with Crippen LogP contribution in [0.1, 0.15) is 34.1 Å². The van der Waals surface area contributed by atoms with Gasteiger partial charge in [0.2, 0.25) is 0 Å². The molecule has 2 aromatic carbocycles. The van der Waals surface area contributed by atoms with Crippen LogP contribution in [0.3, 0.4) is 0 Å². The second kappa shape index (κ2) is 10.8. The summed E-state index contributed by atoms with van der Waals surface area (Å²) in [5, 5.41) is 11.9. The smallest absolute Gasteiger partial charge is 0.304 e. The maximum Gasteiger partial charge on any atom is 0.304 e. The van der Waals surface area contributed by atoms with E-state index in [0.717, 1.165) is 11.3 Å². The summed E-state index contributed by atoms with van der Waals surface area (Å²) in [4.78, 5) is 25.7. The van der Waals surface area contributed by atoms with E-state index in [1.807, 2.05) is 61.5 Å². The van der Waals surface area contributed by atoms with Crippen LogP contribution in [0.2, 0.25) is 0 Å². The average Bonchev–Trinajstić information content (AvgIpc) is 2.67. The number of carbonyl (C=O) groups excluding carboxylic acids is 1. The standard InChI is InChI=1S/C21H24N2O3S2/c1-23(2)17-10-8-16(9-11-17)21(28-13-12-20(25)26)22-19(27)14-18(24)15-6-4-3-5-7-15/h3-11,21H,12-14H2,1-2H3,(H,22,27)(H,25,26). The second-order valence-electron chi connectivity index (χ2n) is 6.41. The molecule has 2 rings (SSSR count). The third-order valence-corrected chi connectivity index (χ3v) is 5.45. The number of benzene rings is 2. The highest BCUT2D eigenvalue weighted by Crippen LogP contribution is 2.28. The summed E-state index contributed by atoms with van der Waals surface area (Å²) < 4.78 is 0. The lowest BCUT2D eigenvalue weighted by Crippen LogP contribution is -2.27. The molecule has 0 heterocycles. The van der Waals surface area contributed by atoms with Gasteiger partial charge >= 0.3 is 5.97 Å². The minimum atomic E-state index is -0.837. The van der Waals surface area contributed by atoms with Gasteiger partial charge in [0.05, 0.1) is 23.2 Å². The van der Waals surface area contributed by atoms with Crippen molar-refractivity contribution < 1.29 is 14.7 Å². The normalized spacial score (nSPS) is 11.5. The molecule has 0 radical (unpaired) electrons. The molecular formula is C21H24N2O3S2. The summed E-state index contributed by atoms with van der Waals surface area (Å²) in [6, 6.07) is 17.0. The molecule has 0 spiro atoms. The Hall–Kier alpha value is -2.38. The van der Waals surface area contributed by atoms with E-state index in [0.29, 0.717) is 16.3 Å². The fourth-order valence-corrected chi connectivity index (χ4v) is 3.93. The average molecular weight is 417 g/mol. The molecule has 5 nitrogen and oxygen atoms in total. The van der Waals surface area contributed by atoms with E-state index in [9.17, 15) is 9.59 Å². The number of anilines is 1. The molecule has 0 fully saturated rings. The van der Waals surface area contributed by atoms with Crippen molar-refractivity contribution in [2.24, 2.45) is 0 Å². The van der Waals surface area contributed by atoms with Crippen molar-refractivity contribution in [3.05, 3.63) is 65.7 Å². The molecule has 7 heteroatoms. The summed E-state index contributed by atoms with van der Waals surface area (Å²) in [6.07, 6.45) is 0.180. The highest BCUT2D eigenvalue weighted by Gasteiger charge is 2.16. The third-order valence-electron chi connectivity index (χ3n) is 4.02. The number of carboxylic acid groups (broad SMARTS) is 1. The molecule has 0 aliphatic carbocycles. The van der Waals surface area contributed by atoms with E-state index in [1.165, 1.54) is 11.8 Å². The molecule has 0 saturated carbocycles. The van der Waals surface area contributed by atoms with Gasteiger partial charge in [-0.15, -0.1) is 11.8 Å². The lowest BCUT2D eigenvalue weighted by atomic mass is 10.1. The van der Waals surface area contributed by atoms with Gasteiger partial charge in [-0.2, -0.15) is 0 Å². The largest absolute Gasteiger partial charge is 0.481 e. The molecule has 0 aromatic heterocycles. The Morgan fingerprint density at radius 2 is 1.75 bits per heavy atom. The van der Waals surface area contributed by atoms with Crippen LogP contribution in [-0.2, 0) is 4.79 Å². The van der Waals surface area contributed by atoms with Crippen LogP contribution in [0.25, 0.3) is 0 Å². The van der Waals surface area contributed by atoms with E-state index < -0.39 is 5.97 Å². The van der Waals surface area contributed by atoms with Crippen LogP contribution in [0, 0.1) is 0 Å². The van der Waals surface area contributed by atoms with Crippen LogP contribution in [0.4, 0.5) is 5.69 Å². The molecule has 28 heavy (non-hydrogen) atoms. The Morgan fingerprint density at radius 1 is 1.11 bits per heavy atom. The highest BCUT2D eigenvalue weighted by molar-refractivity contribution is 7.99. The monoisotopic (exact) mass is 416 g/mol. The fraction of sp³-hybridized carbons (Fsp3) is 0.286. The van der Waals surface area contributed by atoms with E-state index in [1.54, 1.807) is 12.1 Å². The zero-order valence-corrected chi connectivity index (χ0v) is 17.6. The first-order valence-corrected chi connectivity index (χ1v) is 10.3. The van der Waals surface area contributed by atoms with Gasteiger partial charge in [-0.1, -0.05) is 54.7 Å². The molecule has 1 unspecified atom stereocenters. The minimum Gasteiger partial charge on any atom is -0.481 e. The van der Waals surface area contributed by atoms with Gasteiger partial charge in [0.15, 0.2) is 5.78 Å². The van der Waals surface area contributed by atoms with E-state index in [-0.39, 0.29) is 24.0 Å². The number of rotatable bonds is 10. The first-order chi connectivity index (χ1) is 13.4. The molecule has 0 saturated heterocycles.